The van der Waals surface area contributed by atoms with Gasteiger partial charge in [0.15, 0.2) is 0 Å². The van der Waals surface area contributed by atoms with Crippen molar-refractivity contribution in [3.05, 3.63) is 24.3 Å². The Hall–Kier alpha value is -1.59. The maximum atomic E-state index is 12.2. The van der Waals surface area contributed by atoms with Crippen LogP contribution in [0.15, 0.2) is 24.3 Å². The predicted molar refractivity (Wildman–Crippen MR) is 97.6 cm³/mol. The van der Waals surface area contributed by atoms with E-state index in [0.29, 0.717) is 6.54 Å². The number of nitrogens with one attached hydrogen (secondary N) is 1. The number of hydrogen-bond acceptors (Lipinski definition) is 4. The van der Waals surface area contributed by atoms with Gasteiger partial charge in [0, 0.05) is 37.6 Å². The lowest BCUT2D eigenvalue weighted by molar-refractivity contribution is -0.117. The summed E-state index contributed by atoms with van der Waals surface area (Å²) in [5.74, 6) is 0.0298. The highest BCUT2D eigenvalue weighted by Gasteiger charge is 2.17. The highest BCUT2D eigenvalue weighted by molar-refractivity contribution is 5.92. The monoisotopic (exact) mass is 331 g/mol. The van der Waals surface area contributed by atoms with Crippen molar-refractivity contribution in [1.29, 1.82) is 0 Å². The van der Waals surface area contributed by atoms with Crippen LogP contribution in [0.25, 0.3) is 0 Å². The van der Waals surface area contributed by atoms with Crippen LogP contribution in [0.2, 0.25) is 0 Å². The molecule has 2 heterocycles. The second-order valence-corrected chi connectivity index (χ2v) is 6.97. The topological polar surface area (TPSA) is 44.8 Å². The van der Waals surface area contributed by atoms with E-state index in [4.69, 9.17) is 4.74 Å². The first-order valence-corrected chi connectivity index (χ1v) is 9.16. The van der Waals surface area contributed by atoms with E-state index in [0.717, 1.165) is 44.8 Å². The van der Waals surface area contributed by atoms with Crippen LogP contribution in [0, 0.1) is 0 Å². The van der Waals surface area contributed by atoms with Crippen LogP contribution in [-0.4, -0.2) is 56.7 Å². The lowest BCUT2D eigenvalue weighted by atomic mass is 10.1. The first-order chi connectivity index (χ1) is 11.7. The first kappa shape index (κ1) is 17.2. The van der Waals surface area contributed by atoms with Crippen molar-refractivity contribution in [3.63, 3.8) is 0 Å². The van der Waals surface area contributed by atoms with E-state index in [1.165, 1.54) is 24.9 Å². The van der Waals surface area contributed by atoms with E-state index >= 15 is 0 Å². The number of ether oxygens (including phenoxy) is 1. The summed E-state index contributed by atoms with van der Waals surface area (Å²) in [5.41, 5.74) is 2.11. The fraction of sp³-hybridized carbons (Fsp3) is 0.632. The molecule has 132 valence electrons. The average molecular weight is 331 g/mol. The molecule has 5 heteroatoms. The molecular weight excluding hydrogens is 302 g/mol. The highest BCUT2D eigenvalue weighted by Crippen LogP contribution is 2.22. The van der Waals surface area contributed by atoms with Gasteiger partial charge in [0.2, 0.25) is 5.91 Å². The summed E-state index contributed by atoms with van der Waals surface area (Å²) in [5, 5.41) is 2.99. The Bertz CT molecular complexity index is 520. The van der Waals surface area contributed by atoms with Crippen LogP contribution < -0.4 is 10.2 Å². The standard InChI is InChI=1S/C19H29N3O2/c1-21(14-18-6-2-5-13-24-18)15-19(23)20-16-7-9-17(10-8-16)22-11-3-4-12-22/h7-10,18H,2-6,11-15H2,1H3,(H,20,23). The second kappa shape index (κ2) is 8.49. The van der Waals surface area contributed by atoms with E-state index in [1.54, 1.807) is 0 Å². The summed E-state index contributed by atoms with van der Waals surface area (Å²) in [6.07, 6.45) is 6.31. The van der Waals surface area contributed by atoms with Crippen LogP contribution in [0.4, 0.5) is 11.4 Å². The van der Waals surface area contributed by atoms with Gasteiger partial charge in [0.1, 0.15) is 0 Å². The van der Waals surface area contributed by atoms with Crippen LogP contribution in [0.3, 0.4) is 0 Å². The molecule has 1 amide bonds. The van der Waals surface area contributed by atoms with Gasteiger partial charge in [0.25, 0.3) is 0 Å². The molecule has 0 aliphatic carbocycles. The molecule has 2 saturated heterocycles. The van der Waals surface area contributed by atoms with E-state index in [-0.39, 0.29) is 12.0 Å². The average Bonchev–Trinajstić information content (AvgIpc) is 3.10. The smallest absolute Gasteiger partial charge is 0.238 e. The summed E-state index contributed by atoms with van der Waals surface area (Å²) in [4.78, 5) is 16.6. The second-order valence-electron chi connectivity index (χ2n) is 6.97. The van der Waals surface area contributed by atoms with Crippen molar-refractivity contribution in [1.82, 2.24) is 4.90 Å². The van der Waals surface area contributed by atoms with Crippen molar-refractivity contribution in [3.8, 4) is 0 Å². The van der Waals surface area contributed by atoms with Gasteiger partial charge in [-0.1, -0.05) is 0 Å². The molecule has 1 aromatic carbocycles. The lowest BCUT2D eigenvalue weighted by Gasteiger charge is -2.27. The van der Waals surface area contributed by atoms with Crippen molar-refractivity contribution in [2.24, 2.45) is 0 Å². The molecule has 5 nitrogen and oxygen atoms in total. The van der Waals surface area contributed by atoms with Crippen molar-refractivity contribution in [2.45, 2.75) is 38.2 Å². The molecule has 0 aromatic heterocycles. The van der Waals surface area contributed by atoms with Crippen LogP contribution in [-0.2, 0) is 9.53 Å². The predicted octanol–water partition coefficient (Wildman–Crippen LogP) is 2.73. The number of carbonyl (C=O) groups excluding carboxylic acids is 1. The fourth-order valence-corrected chi connectivity index (χ4v) is 3.54. The Morgan fingerprint density at radius 3 is 2.62 bits per heavy atom. The minimum Gasteiger partial charge on any atom is -0.377 e. The quantitative estimate of drug-likeness (QED) is 0.870. The highest BCUT2D eigenvalue weighted by atomic mass is 16.5. The molecule has 0 saturated carbocycles. The minimum atomic E-state index is 0.0298. The Morgan fingerprint density at radius 2 is 1.96 bits per heavy atom. The normalized spacial score (nSPS) is 21.2. The maximum absolute atomic E-state index is 12.2. The van der Waals surface area contributed by atoms with Crippen molar-refractivity contribution in [2.75, 3.05) is 50.1 Å². The van der Waals surface area contributed by atoms with Gasteiger partial charge in [-0.15, -0.1) is 0 Å². The van der Waals surface area contributed by atoms with E-state index in [2.05, 4.69) is 22.3 Å². The Labute approximate surface area is 145 Å². The number of rotatable bonds is 6. The number of carbonyl (C=O) groups is 1. The van der Waals surface area contributed by atoms with Crippen LogP contribution >= 0.6 is 0 Å². The summed E-state index contributed by atoms with van der Waals surface area (Å²) in [6, 6.07) is 8.19. The van der Waals surface area contributed by atoms with Gasteiger partial charge < -0.3 is 15.0 Å². The Kier molecular flexibility index (Phi) is 6.10. The first-order valence-electron chi connectivity index (χ1n) is 9.16. The third kappa shape index (κ3) is 4.95. The summed E-state index contributed by atoms with van der Waals surface area (Å²) < 4.78 is 5.73. The van der Waals surface area contributed by atoms with Gasteiger partial charge in [-0.25, -0.2) is 0 Å². The van der Waals surface area contributed by atoms with Gasteiger partial charge in [-0.2, -0.15) is 0 Å². The number of amides is 1. The SMILES string of the molecule is CN(CC(=O)Nc1ccc(N2CCCC2)cc1)CC1CCCCO1. The summed E-state index contributed by atoms with van der Waals surface area (Å²) >= 11 is 0. The third-order valence-corrected chi connectivity index (χ3v) is 4.83. The molecule has 2 fully saturated rings. The van der Waals surface area contributed by atoms with E-state index < -0.39 is 0 Å². The van der Waals surface area contributed by atoms with Crippen LogP contribution in [0.5, 0.6) is 0 Å². The molecule has 1 N–H and O–H groups in total. The maximum Gasteiger partial charge on any atom is 0.238 e. The molecule has 2 aliphatic heterocycles. The molecule has 1 unspecified atom stereocenters. The third-order valence-electron chi connectivity index (χ3n) is 4.83. The van der Waals surface area contributed by atoms with Gasteiger partial charge in [-0.05, 0) is 63.4 Å². The minimum absolute atomic E-state index is 0.0298. The number of hydrogen-bond donors (Lipinski definition) is 1. The van der Waals surface area contributed by atoms with Gasteiger partial charge >= 0.3 is 0 Å². The Morgan fingerprint density at radius 1 is 1.21 bits per heavy atom. The summed E-state index contributed by atoms with van der Waals surface area (Å²) in [6.45, 7) is 4.35. The molecule has 0 spiro atoms. The van der Waals surface area contributed by atoms with Gasteiger partial charge in [0.05, 0.1) is 12.6 Å². The lowest BCUT2D eigenvalue weighted by Crippen LogP contribution is -2.37. The van der Waals surface area contributed by atoms with E-state index in [1.807, 2.05) is 24.1 Å². The molecule has 3 rings (SSSR count). The molecule has 0 radical (unpaired) electrons. The van der Waals surface area contributed by atoms with Gasteiger partial charge in [-0.3, -0.25) is 9.69 Å². The molecule has 0 bridgehead atoms. The zero-order valence-corrected chi connectivity index (χ0v) is 14.7. The largest absolute Gasteiger partial charge is 0.377 e. The Balaban J connectivity index is 1.43. The molecule has 24 heavy (non-hydrogen) atoms. The number of likely N-dealkylation sites (N-methyl/N-ethyl adjacent to an activating group) is 1. The zero-order chi connectivity index (χ0) is 16.8. The molecule has 1 aromatic rings. The zero-order valence-electron chi connectivity index (χ0n) is 14.7. The van der Waals surface area contributed by atoms with Crippen molar-refractivity contribution >= 4 is 17.3 Å². The molecular formula is C19H29N3O2. The molecule has 2 aliphatic rings. The molecule has 1 atom stereocenters. The van der Waals surface area contributed by atoms with Crippen LogP contribution in [0.1, 0.15) is 32.1 Å². The number of benzene rings is 1. The van der Waals surface area contributed by atoms with E-state index in [9.17, 15) is 4.79 Å². The van der Waals surface area contributed by atoms with Crippen molar-refractivity contribution < 1.29 is 9.53 Å². The number of anilines is 2. The number of nitrogens with zero attached hydrogens (tertiary/aromatic N) is 2. The fourth-order valence-electron chi connectivity index (χ4n) is 3.54. The summed E-state index contributed by atoms with van der Waals surface area (Å²) in [7, 11) is 1.98.